The van der Waals surface area contributed by atoms with E-state index in [4.69, 9.17) is 0 Å². The van der Waals surface area contributed by atoms with Gasteiger partial charge >= 0.3 is 0 Å². The van der Waals surface area contributed by atoms with E-state index >= 15 is 0 Å². The summed E-state index contributed by atoms with van der Waals surface area (Å²) < 4.78 is 2.14. The highest BCUT2D eigenvalue weighted by molar-refractivity contribution is 14.0. The minimum absolute atomic E-state index is 0. The van der Waals surface area contributed by atoms with Gasteiger partial charge in [0.1, 0.15) is 12.4 Å². The van der Waals surface area contributed by atoms with Gasteiger partial charge in [-0.25, -0.2) is 9.98 Å². The van der Waals surface area contributed by atoms with Crippen molar-refractivity contribution in [3.8, 4) is 0 Å². The van der Waals surface area contributed by atoms with E-state index in [1.165, 1.54) is 5.56 Å². The molecule has 2 aromatic rings. The topological polar surface area (TPSA) is 54.2 Å². The van der Waals surface area contributed by atoms with Crippen LogP contribution in [-0.4, -0.2) is 28.6 Å². The lowest BCUT2D eigenvalue weighted by molar-refractivity contribution is 0.613. The number of rotatable bonds is 7. The van der Waals surface area contributed by atoms with Gasteiger partial charge in [-0.1, -0.05) is 44.2 Å². The molecule has 0 amide bonds. The van der Waals surface area contributed by atoms with Crippen molar-refractivity contribution in [2.45, 2.75) is 33.9 Å². The smallest absolute Gasteiger partial charge is 0.191 e. The number of aromatic nitrogens is 2. The molecule has 0 saturated heterocycles. The van der Waals surface area contributed by atoms with Gasteiger partial charge in [0, 0.05) is 32.0 Å². The Bertz CT molecular complexity index is 607. The minimum atomic E-state index is 0. The first kappa shape index (κ1) is 20.5. The molecule has 1 heterocycles. The van der Waals surface area contributed by atoms with Gasteiger partial charge in [-0.15, -0.1) is 24.0 Å². The summed E-state index contributed by atoms with van der Waals surface area (Å²) in [5, 5.41) is 6.62. The molecule has 24 heavy (non-hydrogen) atoms. The molecule has 0 saturated carbocycles. The Morgan fingerprint density at radius 3 is 2.62 bits per heavy atom. The van der Waals surface area contributed by atoms with E-state index in [1.807, 2.05) is 18.5 Å². The Hall–Kier alpha value is -1.57. The van der Waals surface area contributed by atoms with Crippen molar-refractivity contribution in [1.82, 2.24) is 20.2 Å². The number of guanidine groups is 1. The third-order valence-corrected chi connectivity index (χ3v) is 3.40. The maximum atomic E-state index is 4.64. The van der Waals surface area contributed by atoms with Crippen molar-refractivity contribution in [2.24, 2.45) is 10.9 Å². The van der Waals surface area contributed by atoms with Crippen molar-refractivity contribution >= 4 is 29.9 Å². The van der Waals surface area contributed by atoms with Gasteiger partial charge in [-0.3, -0.25) is 0 Å². The zero-order valence-electron chi connectivity index (χ0n) is 14.7. The SMILES string of the molecule is CCNC(=NCc1nccn1Cc1ccccc1)NCC(C)C.I. The first-order valence-corrected chi connectivity index (χ1v) is 8.25. The molecule has 0 aliphatic rings. The van der Waals surface area contributed by atoms with E-state index in [0.717, 1.165) is 31.4 Å². The number of hydrogen-bond donors (Lipinski definition) is 2. The fourth-order valence-corrected chi connectivity index (χ4v) is 2.21. The number of nitrogens with zero attached hydrogens (tertiary/aromatic N) is 3. The second-order valence-corrected chi connectivity index (χ2v) is 5.93. The molecule has 5 nitrogen and oxygen atoms in total. The van der Waals surface area contributed by atoms with Crippen LogP contribution in [0.1, 0.15) is 32.2 Å². The molecule has 132 valence electrons. The average Bonchev–Trinajstić information content (AvgIpc) is 2.98. The van der Waals surface area contributed by atoms with Gasteiger partial charge in [-0.2, -0.15) is 0 Å². The highest BCUT2D eigenvalue weighted by Crippen LogP contribution is 2.06. The number of aliphatic imine (C=N–C) groups is 1. The van der Waals surface area contributed by atoms with Crippen LogP contribution in [-0.2, 0) is 13.1 Å². The molecular weight excluding hydrogens is 413 g/mol. The first-order chi connectivity index (χ1) is 11.2. The average molecular weight is 441 g/mol. The largest absolute Gasteiger partial charge is 0.357 e. The number of hydrogen-bond acceptors (Lipinski definition) is 2. The molecule has 0 aliphatic carbocycles. The van der Waals surface area contributed by atoms with Crippen LogP contribution in [0.5, 0.6) is 0 Å². The Kier molecular flexibility index (Phi) is 9.44. The van der Waals surface area contributed by atoms with E-state index in [0.29, 0.717) is 12.5 Å². The summed E-state index contributed by atoms with van der Waals surface area (Å²) in [4.78, 5) is 9.08. The fraction of sp³-hybridized carbons (Fsp3) is 0.444. The molecule has 2 N–H and O–H groups in total. The van der Waals surface area contributed by atoms with Gasteiger partial charge in [-0.05, 0) is 18.4 Å². The third kappa shape index (κ3) is 6.90. The zero-order chi connectivity index (χ0) is 16.5. The van der Waals surface area contributed by atoms with E-state index in [1.54, 1.807) is 0 Å². The Balaban J connectivity index is 0.00000288. The standard InChI is InChI=1S/C18H27N5.HI/c1-4-19-18(21-12-15(2)3)22-13-17-20-10-11-23(17)14-16-8-6-5-7-9-16;/h5-11,15H,4,12-14H2,1-3H3,(H2,19,21,22);1H. The van der Waals surface area contributed by atoms with Crippen LogP contribution in [0.2, 0.25) is 0 Å². The van der Waals surface area contributed by atoms with E-state index < -0.39 is 0 Å². The molecule has 6 heteroatoms. The zero-order valence-corrected chi connectivity index (χ0v) is 17.0. The normalized spacial score (nSPS) is 11.2. The van der Waals surface area contributed by atoms with Crippen LogP contribution in [0.25, 0.3) is 0 Å². The van der Waals surface area contributed by atoms with Crippen molar-refractivity contribution < 1.29 is 0 Å². The molecule has 0 bridgehead atoms. The van der Waals surface area contributed by atoms with Gasteiger partial charge < -0.3 is 15.2 Å². The molecule has 0 radical (unpaired) electrons. The monoisotopic (exact) mass is 441 g/mol. The summed E-state index contributed by atoms with van der Waals surface area (Å²) in [7, 11) is 0. The van der Waals surface area contributed by atoms with Crippen LogP contribution in [0.3, 0.4) is 0 Å². The maximum Gasteiger partial charge on any atom is 0.191 e. The lowest BCUT2D eigenvalue weighted by atomic mass is 10.2. The third-order valence-electron chi connectivity index (χ3n) is 3.40. The lowest BCUT2D eigenvalue weighted by Gasteiger charge is -2.13. The Morgan fingerprint density at radius 2 is 1.96 bits per heavy atom. The van der Waals surface area contributed by atoms with Crippen LogP contribution in [0.4, 0.5) is 0 Å². The van der Waals surface area contributed by atoms with E-state index in [-0.39, 0.29) is 24.0 Å². The summed E-state index contributed by atoms with van der Waals surface area (Å²) in [6.45, 7) is 9.58. The van der Waals surface area contributed by atoms with Crippen molar-refractivity contribution in [3.05, 3.63) is 54.1 Å². The maximum absolute atomic E-state index is 4.64. The van der Waals surface area contributed by atoms with Crippen LogP contribution >= 0.6 is 24.0 Å². The molecule has 1 aromatic carbocycles. The number of nitrogens with one attached hydrogen (secondary N) is 2. The summed E-state index contributed by atoms with van der Waals surface area (Å²) in [6.07, 6.45) is 3.84. The lowest BCUT2D eigenvalue weighted by Crippen LogP contribution is -2.39. The van der Waals surface area contributed by atoms with Gasteiger partial charge in [0.2, 0.25) is 0 Å². The summed E-state index contributed by atoms with van der Waals surface area (Å²) in [5.74, 6) is 2.39. The Labute approximate surface area is 162 Å². The molecule has 0 fully saturated rings. The second kappa shape index (κ2) is 11.1. The molecular formula is C18H28IN5. The first-order valence-electron chi connectivity index (χ1n) is 8.25. The predicted molar refractivity (Wildman–Crippen MR) is 111 cm³/mol. The van der Waals surface area contributed by atoms with Crippen molar-refractivity contribution in [1.29, 1.82) is 0 Å². The summed E-state index contributed by atoms with van der Waals surface area (Å²) in [5.41, 5.74) is 1.26. The van der Waals surface area contributed by atoms with Gasteiger partial charge in [0.05, 0.1) is 0 Å². The quantitative estimate of drug-likeness (QED) is 0.394. The number of imidazole rings is 1. The predicted octanol–water partition coefficient (Wildman–Crippen LogP) is 3.26. The van der Waals surface area contributed by atoms with Crippen molar-refractivity contribution in [3.63, 3.8) is 0 Å². The highest BCUT2D eigenvalue weighted by atomic mass is 127. The van der Waals surface area contributed by atoms with Crippen LogP contribution < -0.4 is 10.6 Å². The molecule has 1 aromatic heterocycles. The summed E-state index contributed by atoms with van der Waals surface area (Å²) >= 11 is 0. The molecule has 0 spiro atoms. The van der Waals surface area contributed by atoms with Crippen molar-refractivity contribution in [2.75, 3.05) is 13.1 Å². The summed E-state index contributed by atoms with van der Waals surface area (Å²) in [6, 6.07) is 10.4. The number of benzene rings is 1. The second-order valence-electron chi connectivity index (χ2n) is 5.93. The highest BCUT2D eigenvalue weighted by Gasteiger charge is 2.04. The minimum Gasteiger partial charge on any atom is -0.357 e. The fourth-order valence-electron chi connectivity index (χ4n) is 2.21. The van der Waals surface area contributed by atoms with Gasteiger partial charge in [0.15, 0.2) is 5.96 Å². The van der Waals surface area contributed by atoms with E-state index in [9.17, 15) is 0 Å². The number of halogens is 1. The Morgan fingerprint density at radius 1 is 1.21 bits per heavy atom. The van der Waals surface area contributed by atoms with Crippen LogP contribution in [0, 0.1) is 5.92 Å². The van der Waals surface area contributed by atoms with E-state index in [2.05, 4.69) is 70.2 Å². The molecule has 0 atom stereocenters. The van der Waals surface area contributed by atoms with Gasteiger partial charge in [0.25, 0.3) is 0 Å². The molecule has 0 aliphatic heterocycles. The van der Waals surface area contributed by atoms with Crippen LogP contribution in [0.15, 0.2) is 47.7 Å². The molecule has 2 rings (SSSR count). The molecule has 0 unspecified atom stereocenters.